The van der Waals surface area contributed by atoms with Gasteiger partial charge in [0.1, 0.15) is 0 Å². The van der Waals surface area contributed by atoms with Gasteiger partial charge in [0.25, 0.3) is 0 Å². The summed E-state index contributed by atoms with van der Waals surface area (Å²) in [7, 11) is 4.31. The summed E-state index contributed by atoms with van der Waals surface area (Å²) in [5.41, 5.74) is 2.51. The van der Waals surface area contributed by atoms with E-state index in [4.69, 9.17) is 0 Å². The number of hydrogen-bond acceptors (Lipinski definition) is 2. The normalized spacial score (nSPS) is 84.9. The third-order valence-corrected chi connectivity index (χ3v) is 78.9. The van der Waals surface area contributed by atoms with E-state index >= 15 is 0 Å². The van der Waals surface area contributed by atoms with Crippen molar-refractivity contribution < 1.29 is 6.51 Å². The topological polar surface area (TPSA) is 24.1 Å². The van der Waals surface area contributed by atoms with Crippen molar-refractivity contribution in [2.45, 2.75) is 154 Å². The Morgan fingerprint density at radius 3 is 1.40 bits per heavy atom. The van der Waals surface area contributed by atoms with E-state index in [1.54, 1.807) is 77.0 Å². The second kappa shape index (κ2) is 4.61. The van der Waals surface area contributed by atoms with E-state index in [2.05, 4.69) is 19.9 Å². The molecule has 12 saturated heterocycles. The monoisotopic (exact) mass is 712 g/mol. The number of rotatable bonds is 7. The Morgan fingerprint density at radius 1 is 0.596 bits per heavy atom. The summed E-state index contributed by atoms with van der Waals surface area (Å²) in [5, 5.41) is 8.82. The number of nitrogens with one attached hydrogen (secondary N) is 2. The second-order valence-corrected chi connectivity index (χ2v) is 52.3. The van der Waals surface area contributed by atoms with E-state index in [0.29, 0.717) is 5.16 Å². The van der Waals surface area contributed by atoms with Gasteiger partial charge in [0.2, 0.25) is 0 Å². The molecular weight excluding hydrogens is 650 g/mol. The van der Waals surface area contributed by atoms with Gasteiger partial charge in [0, 0.05) is 0 Å². The van der Waals surface area contributed by atoms with E-state index in [0.717, 1.165) is 20.5 Å². The van der Waals surface area contributed by atoms with Crippen LogP contribution in [0, 0.1) is 59.2 Å². The van der Waals surface area contributed by atoms with Crippen molar-refractivity contribution in [1.82, 2.24) is 10.6 Å². The molecule has 8 atom stereocenters. The molecule has 0 aromatic rings. The number of fused-ring (bicyclic) bond motifs is 10. The summed E-state index contributed by atoms with van der Waals surface area (Å²) in [6.07, 6.45) is 25.1. The summed E-state index contributed by atoms with van der Waals surface area (Å²) >= 11 is 0. The van der Waals surface area contributed by atoms with Gasteiger partial charge in [-0.2, -0.15) is 0 Å². The minimum absolute atomic E-state index is 0.214. The Bertz CT molecular complexity index is 1850. The molecule has 8 bridgehead atoms. The predicted octanol–water partition coefficient (Wildman–Crippen LogP) is 9.86. The molecule has 12 heterocycles. The van der Waals surface area contributed by atoms with Crippen molar-refractivity contribution in [3.8, 4) is 0 Å². The van der Waals surface area contributed by atoms with Crippen molar-refractivity contribution in [2.24, 2.45) is 59.2 Å². The number of piperidine rings is 2. The SMILES string of the molecule is PC(C1CCCNC1)(C1CCCNC1)[C]12[CH]3[CH]4[CH]5[C]1(CP(C1C6CC7CC(C6)CC1C7)C1C6CC7CC(C6)CC1C7)[Fe]45321678[CH]2[CH]1[CH]6[CH]7[CH]28. The van der Waals surface area contributed by atoms with Gasteiger partial charge < -0.3 is 0 Å². The molecule has 2 nitrogen and oxygen atoms in total. The molecule has 8 unspecified atom stereocenters. The maximum absolute atomic E-state index is 4.10. The quantitative estimate of drug-likeness (QED) is 0.203. The fourth-order valence-electron chi connectivity index (χ4n) is 31.8. The Morgan fingerprint density at radius 2 is 1.04 bits per heavy atom. The fourth-order valence-corrected chi connectivity index (χ4v) is 121. The van der Waals surface area contributed by atoms with Crippen LogP contribution < -0.4 is 10.6 Å². The molecular formula is C42H62FeN2P2. The zero-order valence-electron chi connectivity index (χ0n) is 28.9. The van der Waals surface area contributed by atoms with E-state index in [1.165, 1.54) is 136 Å². The molecule has 0 aromatic heterocycles. The first-order valence-corrected chi connectivity index (χ1v) is 30.4. The summed E-state index contributed by atoms with van der Waals surface area (Å²) < 4.78 is 2.03. The van der Waals surface area contributed by atoms with E-state index in [-0.39, 0.29) is 7.92 Å². The predicted molar refractivity (Wildman–Crippen MR) is 192 cm³/mol. The summed E-state index contributed by atoms with van der Waals surface area (Å²) in [4.78, 5) is 11.8. The van der Waals surface area contributed by atoms with Crippen LogP contribution in [0.4, 0.5) is 0 Å². The van der Waals surface area contributed by atoms with Crippen LogP contribution in [0.25, 0.3) is 0 Å². The zero-order chi connectivity index (χ0) is 29.8. The molecule has 0 aromatic carbocycles. The Balaban J connectivity index is 0.871. The molecule has 258 valence electrons. The standard InChI is InChI=1S/C37H57N2P2.C5H5.Fe/c40-37(32-5-2-8-38-20-32,33-6-3-9-39-21-33)34-7-1-4-27(34)22-41(35-28-12-23-10-24(14-28)15-29(35)13-23)36-30-16-25-11-26(18-30)19-31(36)17-25;1-2-4-5-3-1;/h1,4,7,23-26,28-33,35-36,38-39H,2-3,5-6,8-22,40H2;1-5H;. The van der Waals surface area contributed by atoms with E-state index < -0.39 is 6.51 Å². The molecule has 47 heavy (non-hydrogen) atoms. The first-order chi connectivity index (χ1) is 22.8. The summed E-state index contributed by atoms with van der Waals surface area (Å²) in [5.74, 6) is 11.4. The van der Waals surface area contributed by atoms with Crippen molar-refractivity contribution in [2.75, 3.05) is 32.3 Å². The van der Waals surface area contributed by atoms with Gasteiger partial charge >= 0.3 is 279 Å². The molecule has 20 fully saturated rings. The van der Waals surface area contributed by atoms with Crippen LogP contribution in [0.2, 0.25) is 47.2 Å². The average Bonchev–Trinajstić information content (AvgIpc) is 4.03. The third kappa shape index (κ3) is 0.869. The van der Waals surface area contributed by atoms with Crippen LogP contribution in [-0.2, 0) is 6.51 Å². The molecule has 20 rings (SSSR count). The van der Waals surface area contributed by atoms with Crippen molar-refractivity contribution in [3.05, 3.63) is 0 Å². The van der Waals surface area contributed by atoms with Gasteiger partial charge in [-0.15, -0.1) is 0 Å². The van der Waals surface area contributed by atoms with Crippen LogP contribution in [0.15, 0.2) is 0 Å². The molecule has 20 aliphatic rings. The van der Waals surface area contributed by atoms with Gasteiger partial charge in [-0.3, -0.25) is 0 Å². The molecule has 0 amide bonds. The number of hydrogen-bond donors (Lipinski definition) is 2. The molecule has 5 heteroatoms. The van der Waals surface area contributed by atoms with Crippen LogP contribution in [0.1, 0.15) is 89.9 Å². The molecule has 8 saturated carbocycles. The van der Waals surface area contributed by atoms with Crippen LogP contribution >= 0.6 is 17.2 Å². The molecule has 2 N–H and O–H groups in total. The van der Waals surface area contributed by atoms with Gasteiger partial charge in [-0.05, 0) is 0 Å². The van der Waals surface area contributed by atoms with Crippen LogP contribution in [0.5, 0.6) is 0 Å². The first kappa shape index (κ1) is 25.3. The van der Waals surface area contributed by atoms with Crippen molar-refractivity contribution >= 4 is 17.2 Å². The average molecular weight is 713 g/mol. The maximum atomic E-state index is 4.10. The molecule has 8 aliphatic carbocycles. The fraction of sp³-hybridized carbons (Fsp3) is 1.00. The molecule has 0 radical (unpaired) electrons. The van der Waals surface area contributed by atoms with Gasteiger partial charge in [0.15, 0.2) is 0 Å². The van der Waals surface area contributed by atoms with Gasteiger partial charge in [-0.25, -0.2) is 0 Å². The molecule has 1 spiro atoms. The third-order valence-electron chi connectivity index (χ3n) is 29.3. The molecule has 12 aliphatic heterocycles. The van der Waals surface area contributed by atoms with Crippen molar-refractivity contribution in [1.29, 1.82) is 0 Å². The Hall–Kier alpha value is 1.30. The van der Waals surface area contributed by atoms with Gasteiger partial charge in [0.05, 0.1) is 0 Å². The van der Waals surface area contributed by atoms with E-state index in [1.807, 2.05) is 6.16 Å². The van der Waals surface area contributed by atoms with Crippen LogP contribution in [-0.4, -0.2) is 48.8 Å². The van der Waals surface area contributed by atoms with Crippen molar-refractivity contribution in [3.63, 3.8) is 0 Å². The zero-order valence-corrected chi connectivity index (χ0v) is 32.0. The van der Waals surface area contributed by atoms with E-state index in [9.17, 15) is 0 Å². The van der Waals surface area contributed by atoms with Gasteiger partial charge in [-0.1, -0.05) is 0 Å². The Labute approximate surface area is 278 Å². The summed E-state index contributed by atoms with van der Waals surface area (Å²) in [6, 6.07) is 0. The Kier molecular flexibility index (Phi) is 2.49. The summed E-state index contributed by atoms with van der Waals surface area (Å²) in [6.45, 7) is 1.70. The minimum atomic E-state index is -3.70. The van der Waals surface area contributed by atoms with Crippen LogP contribution in [0.3, 0.4) is 0 Å². The second-order valence-electron chi connectivity index (χ2n) is 25.4. The first-order valence-electron chi connectivity index (χ1n) is 22.0.